The highest BCUT2D eigenvalue weighted by Crippen LogP contribution is 2.24. The second-order valence-corrected chi connectivity index (χ2v) is 3.87. The van der Waals surface area contributed by atoms with Crippen molar-refractivity contribution in [2.24, 2.45) is 5.92 Å². The summed E-state index contributed by atoms with van der Waals surface area (Å²) in [7, 11) is 2.06. The second-order valence-electron chi connectivity index (χ2n) is 2.44. The molecule has 0 amide bonds. The van der Waals surface area contributed by atoms with Crippen LogP contribution in [-0.2, 0) is 0 Å². The molecule has 1 aliphatic rings. The Morgan fingerprint density at radius 1 is 1.78 bits per heavy atom. The summed E-state index contributed by atoms with van der Waals surface area (Å²) in [6.45, 7) is 0.949. The molecule has 1 saturated heterocycles. The molecular weight excluding hydrogens is 227 g/mol. The standard InChI is InChI=1S/C6H9IN2/c1-9-4-5(3-8)2-6(9)7/h5-6H,2,4H2,1H3. The Morgan fingerprint density at radius 3 is 2.67 bits per heavy atom. The number of rotatable bonds is 0. The molecule has 50 valence electrons. The first kappa shape index (κ1) is 7.29. The minimum absolute atomic E-state index is 0.275. The lowest BCUT2D eigenvalue weighted by atomic mass is 10.1. The summed E-state index contributed by atoms with van der Waals surface area (Å²) in [6, 6.07) is 2.28. The van der Waals surface area contributed by atoms with Gasteiger partial charge in [0.2, 0.25) is 0 Å². The van der Waals surface area contributed by atoms with Gasteiger partial charge in [-0.2, -0.15) is 5.26 Å². The summed E-state index contributed by atoms with van der Waals surface area (Å²) >= 11 is 2.37. The molecule has 2 atom stereocenters. The van der Waals surface area contributed by atoms with Crippen LogP contribution in [0.2, 0.25) is 0 Å². The summed E-state index contributed by atoms with van der Waals surface area (Å²) in [4.78, 5) is 2.22. The highest BCUT2D eigenvalue weighted by molar-refractivity contribution is 14.1. The maximum atomic E-state index is 8.52. The Bertz CT molecular complexity index is 130. The van der Waals surface area contributed by atoms with Crippen LogP contribution in [0.5, 0.6) is 0 Å². The van der Waals surface area contributed by atoms with Crippen LogP contribution in [0, 0.1) is 17.2 Å². The topological polar surface area (TPSA) is 27.0 Å². The van der Waals surface area contributed by atoms with Gasteiger partial charge in [-0.05, 0) is 13.5 Å². The predicted molar refractivity (Wildman–Crippen MR) is 44.2 cm³/mol. The third kappa shape index (κ3) is 1.55. The number of hydrogen-bond donors (Lipinski definition) is 0. The molecule has 0 N–H and O–H groups in total. The van der Waals surface area contributed by atoms with Crippen molar-refractivity contribution in [1.82, 2.24) is 4.90 Å². The predicted octanol–water partition coefficient (Wildman–Crippen LogP) is 1.22. The molecule has 0 aromatic rings. The summed E-state index contributed by atoms with van der Waals surface area (Å²) in [5, 5.41) is 8.52. The van der Waals surface area contributed by atoms with Crippen molar-refractivity contribution in [1.29, 1.82) is 5.26 Å². The maximum Gasteiger partial charge on any atom is 0.0670 e. The van der Waals surface area contributed by atoms with E-state index in [9.17, 15) is 0 Å². The van der Waals surface area contributed by atoms with Gasteiger partial charge in [0.25, 0.3) is 0 Å². The normalized spacial score (nSPS) is 36.6. The molecular formula is C6H9IN2. The lowest BCUT2D eigenvalue weighted by Crippen LogP contribution is -2.18. The average Bonchev–Trinajstić information content (AvgIpc) is 2.13. The first-order valence-corrected chi connectivity index (χ1v) is 4.22. The van der Waals surface area contributed by atoms with Crippen LogP contribution < -0.4 is 0 Å². The lowest BCUT2D eigenvalue weighted by Gasteiger charge is -2.10. The fourth-order valence-corrected chi connectivity index (χ4v) is 1.89. The van der Waals surface area contributed by atoms with Gasteiger partial charge in [0, 0.05) is 6.54 Å². The second kappa shape index (κ2) is 2.84. The number of hydrogen-bond acceptors (Lipinski definition) is 2. The zero-order valence-corrected chi connectivity index (χ0v) is 7.50. The van der Waals surface area contributed by atoms with Gasteiger partial charge in [-0.15, -0.1) is 0 Å². The van der Waals surface area contributed by atoms with Gasteiger partial charge in [-0.3, -0.25) is 4.90 Å². The molecule has 9 heavy (non-hydrogen) atoms. The monoisotopic (exact) mass is 236 g/mol. The molecule has 2 nitrogen and oxygen atoms in total. The molecule has 1 fully saturated rings. The van der Waals surface area contributed by atoms with Gasteiger partial charge < -0.3 is 0 Å². The number of alkyl halides is 1. The van der Waals surface area contributed by atoms with E-state index in [-0.39, 0.29) is 5.92 Å². The van der Waals surface area contributed by atoms with Crippen molar-refractivity contribution in [2.75, 3.05) is 13.6 Å². The van der Waals surface area contributed by atoms with Gasteiger partial charge in [0.1, 0.15) is 0 Å². The van der Waals surface area contributed by atoms with Crippen LogP contribution in [0.4, 0.5) is 0 Å². The van der Waals surface area contributed by atoms with Crippen LogP contribution in [0.15, 0.2) is 0 Å². The lowest BCUT2D eigenvalue weighted by molar-refractivity contribution is 0.396. The van der Waals surface area contributed by atoms with Crippen LogP contribution in [0.1, 0.15) is 6.42 Å². The Balaban J connectivity index is 2.46. The average molecular weight is 236 g/mol. The van der Waals surface area contributed by atoms with Crippen molar-refractivity contribution in [3.05, 3.63) is 0 Å². The quantitative estimate of drug-likeness (QED) is 0.359. The molecule has 0 spiro atoms. The third-order valence-electron chi connectivity index (χ3n) is 1.65. The van der Waals surface area contributed by atoms with Crippen LogP contribution in [0.3, 0.4) is 0 Å². The fourth-order valence-electron chi connectivity index (χ4n) is 1.04. The molecule has 0 bridgehead atoms. The Morgan fingerprint density at radius 2 is 2.44 bits per heavy atom. The first-order chi connectivity index (χ1) is 4.24. The number of nitriles is 1. The molecule has 3 heteroatoms. The van der Waals surface area contributed by atoms with Crippen LogP contribution >= 0.6 is 22.6 Å². The number of likely N-dealkylation sites (tertiary alicyclic amines) is 1. The summed E-state index contributed by atoms with van der Waals surface area (Å²) in [6.07, 6.45) is 1.04. The van der Waals surface area contributed by atoms with Gasteiger partial charge in [0.15, 0.2) is 0 Å². The highest BCUT2D eigenvalue weighted by Gasteiger charge is 2.26. The molecule has 1 rings (SSSR count). The van der Waals surface area contributed by atoms with Gasteiger partial charge in [0.05, 0.1) is 16.0 Å². The molecule has 0 saturated carbocycles. The largest absolute Gasteiger partial charge is 0.293 e. The zero-order valence-electron chi connectivity index (χ0n) is 5.34. The van der Waals surface area contributed by atoms with E-state index < -0.39 is 0 Å². The van der Waals surface area contributed by atoms with E-state index in [1.165, 1.54) is 0 Å². The van der Waals surface area contributed by atoms with Crippen molar-refractivity contribution < 1.29 is 0 Å². The van der Waals surface area contributed by atoms with Crippen LogP contribution in [0.25, 0.3) is 0 Å². The number of nitrogens with zero attached hydrogens (tertiary/aromatic N) is 2. The third-order valence-corrected chi connectivity index (χ3v) is 3.11. The van der Waals surface area contributed by atoms with E-state index in [4.69, 9.17) is 5.26 Å². The van der Waals surface area contributed by atoms with E-state index in [0.29, 0.717) is 4.05 Å². The van der Waals surface area contributed by atoms with Gasteiger partial charge in [-0.1, -0.05) is 22.6 Å². The zero-order chi connectivity index (χ0) is 6.85. The van der Waals surface area contributed by atoms with E-state index in [2.05, 4.69) is 40.6 Å². The molecule has 0 aromatic carbocycles. The molecule has 2 unspecified atom stereocenters. The molecule has 0 radical (unpaired) electrons. The SMILES string of the molecule is CN1CC(C#N)CC1I. The van der Waals surface area contributed by atoms with Crippen molar-refractivity contribution >= 4 is 22.6 Å². The van der Waals surface area contributed by atoms with E-state index in [1.807, 2.05) is 0 Å². The molecule has 1 aliphatic heterocycles. The minimum atomic E-state index is 0.275. The Hall–Kier alpha value is 0.180. The van der Waals surface area contributed by atoms with Crippen LogP contribution in [-0.4, -0.2) is 22.5 Å². The van der Waals surface area contributed by atoms with Crippen molar-refractivity contribution in [2.45, 2.75) is 10.5 Å². The Labute approximate surface area is 69.0 Å². The van der Waals surface area contributed by atoms with E-state index >= 15 is 0 Å². The summed E-state index contributed by atoms with van der Waals surface area (Å²) in [5.74, 6) is 0.275. The summed E-state index contributed by atoms with van der Waals surface area (Å²) in [5.41, 5.74) is 0. The smallest absolute Gasteiger partial charge is 0.0670 e. The maximum absolute atomic E-state index is 8.52. The first-order valence-electron chi connectivity index (χ1n) is 2.98. The minimum Gasteiger partial charge on any atom is -0.293 e. The Kier molecular flexibility index (Phi) is 2.30. The summed E-state index contributed by atoms with van der Waals surface area (Å²) < 4.78 is 0.576. The fraction of sp³-hybridized carbons (Fsp3) is 0.833. The highest BCUT2D eigenvalue weighted by atomic mass is 127. The van der Waals surface area contributed by atoms with E-state index in [1.54, 1.807) is 0 Å². The van der Waals surface area contributed by atoms with E-state index in [0.717, 1.165) is 13.0 Å². The molecule has 1 heterocycles. The van der Waals surface area contributed by atoms with Crippen molar-refractivity contribution in [3.63, 3.8) is 0 Å². The molecule has 0 aromatic heterocycles. The van der Waals surface area contributed by atoms with Gasteiger partial charge >= 0.3 is 0 Å². The van der Waals surface area contributed by atoms with Crippen molar-refractivity contribution in [3.8, 4) is 6.07 Å². The molecule has 0 aliphatic carbocycles. The van der Waals surface area contributed by atoms with Gasteiger partial charge in [-0.25, -0.2) is 0 Å². The number of halogens is 1.